The van der Waals surface area contributed by atoms with Crippen LogP contribution in [0.2, 0.25) is 0 Å². The number of hydrogen-bond acceptors (Lipinski definition) is 5. The second kappa shape index (κ2) is 7.10. The minimum Gasteiger partial charge on any atom is -0.345 e. The Bertz CT molecular complexity index is 1170. The lowest BCUT2D eigenvalue weighted by molar-refractivity contribution is 0.0852. The first-order chi connectivity index (χ1) is 14.2. The van der Waals surface area contributed by atoms with Gasteiger partial charge in [0, 0.05) is 30.9 Å². The minimum absolute atomic E-state index is 0.167. The lowest BCUT2D eigenvalue weighted by Crippen LogP contribution is -2.57. The second-order valence-electron chi connectivity index (χ2n) is 7.30. The summed E-state index contributed by atoms with van der Waals surface area (Å²) in [6.07, 6.45) is 1.74. The Labute approximate surface area is 168 Å². The van der Waals surface area contributed by atoms with Crippen LogP contribution in [-0.2, 0) is 0 Å². The van der Waals surface area contributed by atoms with Crippen LogP contribution in [0.4, 0.5) is 0 Å². The lowest BCUT2D eigenvalue weighted by atomic mass is 10.1. The zero-order valence-electron chi connectivity index (χ0n) is 16.0. The number of fused-ring (bicyclic) bond motifs is 1. The summed E-state index contributed by atoms with van der Waals surface area (Å²) in [5.74, 6) is -0.179. The van der Waals surface area contributed by atoms with Crippen molar-refractivity contribution in [3.63, 3.8) is 0 Å². The van der Waals surface area contributed by atoms with Gasteiger partial charge in [-0.3, -0.25) is 9.78 Å². The predicted octanol–water partition coefficient (Wildman–Crippen LogP) is 2.50. The van der Waals surface area contributed by atoms with E-state index >= 15 is 0 Å². The molecule has 4 aromatic rings. The van der Waals surface area contributed by atoms with Crippen molar-refractivity contribution in [1.82, 2.24) is 29.8 Å². The predicted molar refractivity (Wildman–Crippen MR) is 110 cm³/mol. The van der Waals surface area contributed by atoms with E-state index in [9.17, 15) is 4.79 Å². The normalized spacial score (nSPS) is 14.7. The van der Waals surface area contributed by atoms with E-state index in [-0.39, 0.29) is 11.9 Å². The average Bonchev–Trinajstić information content (AvgIpc) is 3.17. The number of likely N-dealkylation sites (tertiary alicyclic amines) is 1. The number of aromatic nitrogens is 4. The van der Waals surface area contributed by atoms with Crippen molar-refractivity contribution in [2.24, 2.45) is 0 Å². The lowest BCUT2D eigenvalue weighted by Gasteiger charge is -2.36. The van der Waals surface area contributed by atoms with Crippen LogP contribution in [0.15, 0.2) is 66.9 Å². The molecule has 1 saturated heterocycles. The first-order valence-electron chi connectivity index (χ1n) is 9.54. The highest BCUT2D eigenvalue weighted by Gasteiger charge is 2.26. The number of pyridine rings is 1. The Hall–Kier alpha value is -3.58. The fraction of sp³-hybridized carbons (Fsp3) is 0.182. The van der Waals surface area contributed by atoms with Crippen molar-refractivity contribution in [2.45, 2.75) is 6.04 Å². The van der Waals surface area contributed by atoms with Crippen molar-refractivity contribution >= 4 is 11.6 Å². The molecule has 1 aromatic carbocycles. The quantitative estimate of drug-likeness (QED) is 0.585. The highest BCUT2D eigenvalue weighted by Crippen LogP contribution is 2.25. The minimum atomic E-state index is -0.179. The van der Waals surface area contributed by atoms with Crippen LogP contribution in [0.1, 0.15) is 10.5 Å². The number of amides is 1. The zero-order chi connectivity index (χ0) is 19.8. The van der Waals surface area contributed by atoms with Gasteiger partial charge in [0.25, 0.3) is 5.91 Å². The Kier molecular flexibility index (Phi) is 4.29. The Morgan fingerprint density at radius 1 is 1.03 bits per heavy atom. The van der Waals surface area contributed by atoms with Crippen LogP contribution in [0.3, 0.4) is 0 Å². The molecule has 0 atom stereocenters. The standard InChI is InChI=1S/C22H20N6O/c1-27-13-16(14-27)24-22(29)19-12-21-25-18(15-7-3-2-4-8-15)11-20(28(21)26-19)17-9-5-6-10-23-17/h2-12,16H,13-14H2,1H3,(H,24,29). The van der Waals surface area contributed by atoms with Gasteiger partial charge < -0.3 is 10.2 Å². The molecule has 0 radical (unpaired) electrons. The molecular weight excluding hydrogens is 364 g/mol. The third-order valence-corrected chi connectivity index (χ3v) is 5.06. The molecule has 4 heterocycles. The van der Waals surface area contributed by atoms with E-state index in [1.165, 1.54) is 0 Å². The van der Waals surface area contributed by atoms with E-state index in [2.05, 4.69) is 20.3 Å². The van der Waals surface area contributed by atoms with E-state index in [1.54, 1.807) is 16.8 Å². The monoisotopic (exact) mass is 384 g/mol. The summed E-state index contributed by atoms with van der Waals surface area (Å²) in [6.45, 7) is 1.71. The van der Waals surface area contributed by atoms with Gasteiger partial charge >= 0.3 is 0 Å². The average molecular weight is 384 g/mol. The van der Waals surface area contributed by atoms with Crippen molar-refractivity contribution < 1.29 is 4.79 Å². The van der Waals surface area contributed by atoms with Gasteiger partial charge in [-0.25, -0.2) is 9.50 Å². The number of hydrogen-bond donors (Lipinski definition) is 1. The fourth-order valence-electron chi connectivity index (χ4n) is 3.59. The van der Waals surface area contributed by atoms with Crippen LogP contribution in [-0.4, -0.2) is 56.6 Å². The second-order valence-corrected chi connectivity index (χ2v) is 7.30. The fourth-order valence-corrected chi connectivity index (χ4v) is 3.59. The van der Waals surface area contributed by atoms with Gasteiger partial charge in [-0.1, -0.05) is 36.4 Å². The molecule has 3 aromatic heterocycles. The Morgan fingerprint density at radius 3 is 2.55 bits per heavy atom. The maximum absolute atomic E-state index is 12.7. The molecule has 1 aliphatic rings. The molecular formula is C22H20N6O. The number of carbonyl (C=O) groups is 1. The van der Waals surface area contributed by atoms with Gasteiger partial charge in [-0.15, -0.1) is 0 Å². The third-order valence-electron chi connectivity index (χ3n) is 5.06. The maximum Gasteiger partial charge on any atom is 0.272 e. The van der Waals surface area contributed by atoms with E-state index in [4.69, 9.17) is 4.98 Å². The topological polar surface area (TPSA) is 75.4 Å². The van der Waals surface area contributed by atoms with E-state index < -0.39 is 0 Å². The highest BCUT2D eigenvalue weighted by molar-refractivity contribution is 5.94. The van der Waals surface area contributed by atoms with E-state index in [0.29, 0.717) is 11.3 Å². The van der Waals surface area contributed by atoms with Crippen LogP contribution in [0.5, 0.6) is 0 Å². The van der Waals surface area contributed by atoms with Gasteiger partial charge in [0.05, 0.1) is 23.1 Å². The molecule has 144 valence electrons. The van der Waals surface area contributed by atoms with Gasteiger partial charge in [0.15, 0.2) is 11.3 Å². The van der Waals surface area contributed by atoms with Gasteiger partial charge in [0.1, 0.15) is 0 Å². The van der Waals surface area contributed by atoms with Crippen LogP contribution in [0.25, 0.3) is 28.3 Å². The van der Waals surface area contributed by atoms with Crippen molar-refractivity contribution in [3.8, 4) is 22.6 Å². The smallest absolute Gasteiger partial charge is 0.272 e. The number of likely N-dealkylation sites (N-methyl/N-ethyl adjacent to an activating group) is 1. The highest BCUT2D eigenvalue weighted by atomic mass is 16.2. The maximum atomic E-state index is 12.7. The number of nitrogens with zero attached hydrogens (tertiary/aromatic N) is 5. The number of benzene rings is 1. The summed E-state index contributed by atoms with van der Waals surface area (Å²) >= 11 is 0. The Morgan fingerprint density at radius 2 is 1.83 bits per heavy atom. The molecule has 0 aliphatic carbocycles. The number of rotatable bonds is 4. The summed E-state index contributed by atoms with van der Waals surface area (Å²) in [7, 11) is 2.03. The summed E-state index contributed by atoms with van der Waals surface area (Å²) in [5, 5.41) is 7.57. The third kappa shape index (κ3) is 3.36. The van der Waals surface area contributed by atoms with Gasteiger partial charge in [-0.2, -0.15) is 5.10 Å². The molecule has 1 aliphatic heterocycles. The molecule has 7 nitrogen and oxygen atoms in total. The van der Waals surface area contributed by atoms with Crippen molar-refractivity contribution in [2.75, 3.05) is 20.1 Å². The molecule has 0 saturated carbocycles. The van der Waals surface area contributed by atoms with Crippen LogP contribution >= 0.6 is 0 Å². The van der Waals surface area contributed by atoms with Gasteiger partial charge in [-0.05, 0) is 25.2 Å². The van der Waals surface area contributed by atoms with E-state index in [0.717, 1.165) is 35.7 Å². The molecule has 0 spiro atoms. The largest absolute Gasteiger partial charge is 0.345 e. The van der Waals surface area contributed by atoms with Crippen LogP contribution < -0.4 is 5.32 Å². The Balaban J connectivity index is 1.60. The summed E-state index contributed by atoms with van der Waals surface area (Å²) in [6, 6.07) is 19.5. The molecule has 1 fully saturated rings. The first-order valence-corrected chi connectivity index (χ1v) is 9.54. The van der Waals surface area contributed by atoms with Gasteiger partial charge in [0.2, 0.25) is 0 Å². The molecule has 29 heavy (non-hydrogen) atoms. The number of nitrogens with one attached hydrogen (secondary N) is 1. The van der Waals surface area contributed by atoms with Crippen molar-refractivity contribution in [1.29, 1.82) is 0 Å². The molecule has 0 bridgehead atoms. The molecule has 5 rings (SSSR count). The number of carbonyl (C=O) groups excluding carboxylic acids is 1. The van der Waals surface area contributed by atoms with Crippen LogP contribution in [0, 0.1) is 0 Å². The molecule has 7 heteroatoms. The molecule has 1 amide bonds. The summed E-state index contributed by atoms with van der Waals surface area (Å²) < 4.78 is 1.69. The molecule has 1 N–H and O–H groups in total. The first kappa shape index (κ1) is 17.5. The van der Waals surface area contributed by atoms with Crippen molar-refractivity contribution in [3.05, 3.63) is 72.6 Å². The summed E-state index contributed by atoms with van der Waals surface area (Å²) in [4.78, 5) is 24.0. The SMILES string of the molecule is CN1CC(NC(=O)c2cc3nc(-c4ccccc4)cc(-c4ccccn4)n3n2)C1. The summed E-state index contributed by atoms with van der Waals surface area (Å²) in [5.41, 5.74) is 4.34. The van der Waals surface area contributed by atoms with E-state index in [1.807, 2.05) is 61.6 Å². The molecule has 0 unspecified atom stereocenters. The zero-order valence-corrected chi connectivity index (χ0v) is 16.0.